The predicted octanol–water partition coefficient (Wildman–Crippen LogP) is 6.29. The normalized spacial score (nSPS) is 15.4. The summed E-state index contributed by atoms with van der Waals surface area (Å²) in [5, 5.41) is 9.35. The highest BCUT2D eigenvalue weighted by molar-refractivity contribution is 6.76. The van der Waals surface area contributed by atoms with E-state index in [-0.39, 0.29) is 41.7 Å². The molecule has 6 nitrogen and oxygen atoms in total. The van der Waals surface area contributed by atoms with Gasteiger partial charge < -0.3 is 9.30 Å². The summed E-state index contributed by atoms with van der Waals surface area (Å²) in [5.41, 5.74) is 4.12. The van der Waals surface area contributed by atoms with E-state index in [0.717, 1.165) is 36.4 Å². The van der Waals surface area contributed by atoms with Crippen molar-refractivity contribution in [2.45, 2.75) is 78.9 Å². The minimum atomic E-state index is -1.23. The maximum Gasteiger partial charge on any atom is 0.202 e. The fourth-order valence-corrected chi connectivity index (χ4v) is 4.91. The lowest BCUT2D eigenvalue weighted by molar-refractivity contribution is 0.0799. The molecule has 3 rings (SSSR count). The number of imidazole rings is 1. The molecule has 1 aromatic carbocycles. The van der Waals surface area contributed by atoms with Gasteiger partial charge >= 0.3 is 0 Å². The van der Waals surface area contributed by atoms with Gasteiger partial charge in [-0.15, -0.1) is 0 Å². The van der Waals surface area contributed by atoms with Gasteiger partial charge in [0.25, 0.3) is 0 Å². The molecule has 0 radical (unpaired) electrons. The number of Topliss-reactive ketones (excluding diaryl/α,β-unsaturated/α-hetero) is 2. The average Bonchev–Trinajstić information content (AvgIpc) is 3.20. The van der Waals surface area contributed by atoms with Gasteiger partial charge in [0.1, 0.15) is 12.8 Å². The Hall–Kier alpha value is -2.82. The first-order valence-electron chi connectivity index (χ1n) is 12.3. The molecule has 0 fully saturated rings. The summed E-state index contributed by atoms with van der Waals surface area (Å²) >= 11 is 0. The van der Waals surface area contributed by atoms with Crippen LogP contribution in [0.5, 0.6) is 0 Å². The number of nitrogens with zero attached hydrogens (tertiary/aromatic N) is 3. The van der Waals surface area contributed by atoms with Gasteiger partial charge in [-0.05, 0) is 60.4 Å². The van der Waals surface area contributed by atoms with Crippen LogP contribution in [0.25, 0.3) is 5.57 Å². The van der Waals surface area contributed by atoms with E-state index in [4.69, 9.17) is 4.74 Å². The molecule has 35 heavy (non-hydrogen) atoms. The van der Waals surface area contributed by atoms with Crippen molar-refractivity contribution in [1.29, 1.82) is 5.26 Å². The lowest BCUT2D eigenvalue weighted by Crippen LogP contribution is -2.22. The Labute approximate surface area is 210 Å². The lowest BCUT2D eigenvalue weighted by Gasteiger charge is -2.29. The van der Waals surface area contributed by atoms with E-state index in [1.165, 1.54) is 5.57 Å². The van der Waals surface area contributed by atoms with Crippen molar-refractivity contribution in [3.63, 3.8) is 0 Å². The molecular formula is C28H37N3O3Si. The third-order valence-corrected chi connectivity index (χ3v) is 8.26. The number of ether oxygens (including phenoxy) is 1. The van der Waals surface area contributed by atoms with Gasteiger partial charge in [-0.25, -0.2) is 4.98 Å². The standard InChI is InChI=1S/C28H37N3O3Si/c1-20(32)22-7-8-23(25(15-22)21-9-11-28(2,3)12-10-21)16-26(33)27-30-24(17-29)18-31(27)19-34-13-14-35(4,5)6/h7-9,15,18H,10-14,16,19H2,1-6H3. The van der Waals surface area contributed by atoms with E-state index in [1.54, 1.807) is 23.8 Å². The van der Waals surface area contributed by atoms with Crippen LogP contribution in [0, 0.1) is 16.7 Å². The maximum atomic E-state index is 13.4. The first-order chi connectivity index (χ1) is 16.4. The summed E-state index contributed by atoms with van der Waals surface area (Å²) in [6.07, 6.45) is 6.90. The minimum Gasteiger partial charge on any atom is -0.361 e. The zero-order valence-electron chi connectivity index (χ0n) is 21.9. The average molecular weight is 492 g/mol. The Balaban J connectivity index is 1.86. The Kier molecular flexibility index (Phi) is 8.29. The second-order valence-electron chi connectivity index (χ2n) is 11.5. The molecule has 1 aromatic heterocycles. The van der Waals surface area contributed by atoms with E-state index in [2.05, 4.69) is 44.5 Å². The molecule has 7 heteroatoms. The van der Waals surface area contributed by atoms with Crippen LogP contribution in [0.4, 0.5) is 0 Å². The third-order valence-electron chi connectivity index (χ3n) is 6.55. The molecule has 186 valence electrons. The fraction of sp³-hybridized carbons (Fsp3) is 0.500. The molecule has 0 saturated carbocycles. The number of carbonyl (C=O) groups is 2. The van der Waals surface area contributed by atoms with Crippen LogP contribution in [0.3, 0.4) is 0 Å². The molecule has 0 saturated heterocycles. The van der Waals surface area contributed by atoms with Crippen LogP contribution >= 0.6 is 0 Å². The van der Waals surface area contributed by atoms with Crippen molar-refractivity contribution in [3.8, 4) is 6.07 Å². The highest BCUT2D eigenvalue weighted by Crippen LogP contribution is 2.39. The zero-order chi connectivity index (χ0) is 25.8. The van der Waals surface area contributed by atoms with Crippen LogP contribution in [-0.2, 0) is 17.9 Å². The highest BCUT2D eigenvalue weighted by Gasteiger charge is 2.25. The molecule has 0 amide bonds. The molecule has 0 unspecified atom stereocenters. The SMILES string of the molecule is CC(=O)c1ccc(CC(=O)c2nc(C#N)cn2COCC[Si](C)(C)C)c(C2=CCC(C)(C)CC2)c1. The molecule has 0 aliphatic heterocycles. The molecule has 0 bridgehead atoms. The van der Waals surface area contributed by atoms with Crippen LogP contribution in [0.2, 0.25) is 25.7 Å². The molecule has 2 aromatic rings. The molecule has 0 spiro atoms. The summed E-state index contributed by atoms with van der Waals surface area (Å²) in [6.45, 7) is 13.7. The van der Waals surface area contributed by atoms with Gasteiger partial charge in [0.05, 0.1) is 0 Å². The van der Waals surface area contributed by atoms with Crippen LogP contribution in [-0.4, -0.2) is 35.8 Å². The Morgan fingerprint density at radius 2 is 2.00 bits per heavy atom. The number of ketones is 2. The van der Waals surface area contributed by atoms with E-state index in [9.17, 15) is 14.9 Å². The van der Waals surface area contributed by atoms with Gasteiger partial charge in [0.15, 0.2) is 17.3 Å². The smallest absolute Gasteiger partial charge is 0.202 e. The van der Waals surface area contributed by atoms with E-state index in [0.29, 0.717) is 12.2 Å². The highest BCUT2D eigenvalue weighted by atomic mass is 28.3. The molecular weight excluding hydrogens is 454 g/mol. The first-order valence-corrected chi connectivity index (χ1v) is 16.0. The van der Waals surface area contributed by atoms with Gasteiger partial charge in [-0.3, -0.25) is 9.59 Å². The topological polar surface area (TPSA) is 85.0 Å². The van der Waals surface area contributed by atoms with Crippen molar-refractivity contribution in [1.82, 2.24) is 9.55 Å². The summed E-state index contributed by atoms with van der Waals surface area (Å²) in [6, 6.07) is 8.64. The Morgan fingerprint density at radius 1 is 1.26 bits per heavy atom. The Bertz CT molecular complexity index is 1180. The first kappa shape index (κ1) is 26.8. The molecule has 1 aliphatic carbocycles. The van der Waals surface area contributed by atoms with Gasteiger partial charge in [0.2, 0.25) is 5.78 Å². The van der Waals surface area contributed by atoms with Crippen molar-refractivity contribution >= 4 is 25.2 Å². The monoisotopic (exact) mass is 491 g/mol. The van der Waals surface area contributed by atoms with E-state index >= 15 is 0 Å². The summed E-state index contributed by atoms with van der Waals surface area (Å²) in [5.74, 6) is 0.0642. The van der Waals surface area contributed by atoms with Crippen LogP contribution in [0.15, 0.2) is 30.5 Å². The predicted molar refractivity (Wildman–Crippen MR) is 141 cm³/mol. The van der Waals surface area contributed by atoms with Gasteiger partial charge in [0, 0.05) is 32.9 Å². The maximum absolute atomic E-state index is 13.4. The van der Waals surface area contributed by atoms with E-state index in [1.807, 2.05) is 18.2 Å². The third kappa shape index (κ3) is 7.33. The Morgan fingerprint density at radius 3 is 2.60 bits per heavy atom. The minimum absolute atomic E-state index is 0.00513. The number of aromatic nitrogens is 2. The second-order valence-corrected chi connectivity index (χ2v) is 17.1. The number of hydrogen-bond donors (Lipinski definition) is 0. The molecule has 1 heterocycles. The molecule has 0 N–H and O–H groups in total. The summed E-state index contributed by atoms with van der Waals surface area (Å²) < 4.78 is 7.46. The van der Waals surface area contributed by atoms with Crippen molar-refractivity contribution in [3.05, 3.63) is 58.7 Å². The quantitative estimate of drug-likeness (QED) is 0.221. The second kappa shape index (κ2) is 10.8. The van der Waals surface area contributed by atoms with E-state index < -0.39 is 8.07 Å². The summed E-state index contributed by atoms with van der Waals surface area (Å²) in [7, 11) is -1.23. The molecule has 0 atom stereocenters. The fourth-order valence-electron chi connectivity index (χ4n) is 4.15. The van der Waals surface area contributed by atoms with Crippen LogP contribution < -0.4 is 0 Å². The van der Waals surface area contributed by atoms with Gasteiger partial charge in [-0.1, -0.05) is 51.7 Å². The molecule has 1 aliphatic rings. The number of benzene rings is 1. The largest absolute Gasteiger partial charge is 0.361 e. The van der Waals surface area contributed by atoms with Gasteiger partial charge in [-0.2, -0.15) is 5.26 Å². The summed E-state index contributed by atoms with van der Waals surface area (Å²) in [4.78, 5) is 29.7. The van der Waals surface area contributed by atoms with Crippen LogP contribution in [0.1, 0.15) is 77.8 Å². The number of carbonyl (C=O) groups excluding carboxylic acids is 2. The van der Waals surface area contributed by atoms with Crippen molar-refractivity contribution in [2.24, 2.45) is 5.41 Å². The van der Waals surface area contributed by atoms with Crippen molar-refractivity contribution < 1.29 is 14.3 Å². The number of rotatable bonds is 10. The lowest BCUT2D eigenvalue weighted by atomic mass is 9.76. The van der Waals surface area contributed by atoms with Crippen molar-refractivity contribution in [2.75, 3.05) is 6.61 Å². The number of nitriles is 1. The number of hydrogen-bond acceptors (Lipinski definition) is 5. The zero-order valence-corrected chi connectivity index (χ0v) is 22.9. The number of allylic oxidation sites excluding steroid dienone is 2.